The number of nitrogens with zero attached hydrogens (tertiary/aromatic N) is 1. The molecule has 0 bridgehead atoms. The van der Waals surface area contributed by atoms with E-state index < -0.39 is 5.41 Å². The molecule has 5 heteroatoms. The van der Waals surface area contributed by atoms with Crippen molar-refractivity contribution >= 4 is 34.1 Å². The highest BCUT2D eigenvalue weighted by molar-refractivity contribution is 6.06. The monoisotopic (exact) mass is 363 g/mol. The summed E-state index contributed by atoms with van der Waals surface area (Å²) >= 11 is 0. The van der Waals surface area contributed by atoms with Crippen LogP contribution in [0, 0.1) is 5.41 Å². The van der Waals surface area contributed by atoms with Crippen LogP contribution in [0.25, 0.3) is 10.9 Å². The summed E-state index contributed by atoms with van der Waals surface area (Å²) in [4.78, 5) is 25.0. The molecule has 0 spiro atoms. The number of benzene rings is 2. The van der Waals surface area contributed by atoms with Crippen LogP contribution in [0.3, 0.4) is 0 Å². The van der Waals surface area contributed by atoms with Crippen LogP contribution in [0.4, 0.5) is 11.4 Å². The quantitative estimate of drug-likeness (QED) is 0.693. The van der Waals surface area contributed by atoms with Gasteiger partial charge in [-0.2, -0.15) is 0 Å². The van der Waals surface area contributed by atoms with Crippen molar-refractivity contribution in [3.63, 3.8) is 0 Å². The first-order valence-electron chi connectivity index (χ1n) is 9.10. The summed E-state index contributed by atoms with van der Waals surface area (Å²) in [5, 5.41) is 6.86. The molecule has 0 radical (unpaired) electrons. The third-order valence-electron chi connectivity index (χ3n) is 4.42. The van der Waals surface area contributed by atoms with Crippen LogP contribution in [0.2, 0.25) is 0 Å². The van der Waals surface area contributed by atoms with Gasteiger partial charge in [-0.3, -0.25) is 9.59 Å². The molecule has 0 aliphatic rings. The number of fused-ring (bicyclic) bond motifs is 1. The summed E-state index contributed by atoms with van der Waals surface area (Å²) in [7, 11) is 0. The Morgan fingerprint density at radius 3 is 2.26 bits per heavy atom. The average molecular weight is 363 g/mol. The number of aromatic nitrogens is 1. The van der Waals surface area contributed by atoms with Crippen molar-refractivity contribution in [2.24, 2.45) is 5.41 Å². The minimum atomic E-state index is -0.485. The maximum atomic E-state index is 12.8. The Bertz CT molecular complexity index is 996. The number of hydrogen-bond donors (Lipinski definition) is 2. The molecule has 0 saturated heterocycles. The molecule has 0 unspecified atom stereocenters. The van der Waals surface area contributed by atoms with Crippen LogP contribution in [-0.2, 0) is 11.3 Å². The molecule has 3 aromatic rings. The number of rotatable bonds is 4. The van der Waals surface area contributed by atoms with E-state index in [1.807, 2.05) is 80.8 Å². The topological polar surface area (TPSA) is 63.1 Å². The highest BCUT2D eigenvalue weighted by Gasteiger charge is 2.21. The van der Waals surface area contributed by atoms with Crippen LogP contribution in [0.5, 0.6) is 0 Å². The lowest BCUT2D eigenvalue weighted by molar-refractivity contribution is -0.123. The number of anilines is 2. The molecule has 2 aromatic carbocycles. The Balaban J connectivity index is 1.83. The molecular formula is C22H25N3O2. The van der Waals surface area contributed by atoms with Gasteiger partial charge in [0.05, 0.1) is 0 Å². The lowest BCUT2D eigenvalue weighted by Gasteiger charge is -2.18. The first-order chi connectivity index (χ1) is 12.8. The van der Waals surface area contributed by atoms with Gasteiger partial charge in [0.2, 0.25) is 5.91 Å². The standard InChI is InChI=1S/C22H25N3O2/c1-5-25-18-12-7-6-9-15(18)13-19(25)20(26)23-16-10-8-11-17(14-16)24-21(27)22(2,3)4/h6-14H,5H2,1-4H3,(H,23,26)(H,24,27). The van der Waals surface area contributed by atoms with E-state index in [0.717, 1.165) is 10.9 Å². The van der Waals surface area contributed by atoms with Crippen molar-refractivity contribution in [1.29, 1.82) is 0 Å². The Kier molecular flexibility index (Phi) is 5.04. The largest absolute Gasteiger partial charge is 0.337 e. The van der Waals surface area contributed by atoms with Gasteiger partial charge in [0.25, 0.3) is 5.91 Å². The van der Waals surface area contributed by atoms with Crippen molar-refractivity contribution in [2.75, 3.05) is 10.6 Å². The highest BCUT2D eigenvalue weighted by Crippen LogP contribution is 2.23. The fourth-order valence-corrected chi connectivity index (χ4v) is 2.93. The summed E-state index contributed by atoms with van der Waals surface area (Å²) in [5.74, 6) is -0.246. The highest BCUT2D eigenvalue weighted by atomic mass is 16.2. The van der Waals surface area contributed by atoms with Crippen LogP contribution in [0.1, 0.15) is 38.2 Å². The van der Waals surface area contributed by atoms with Crippen molar-refractivity contribution in [1.82, 2.24) is 4.57 Å². The second kappa shape index (κ2) is 7.27. The summed E-state index contributed by atoms with van der Waals surface area (Å²) < 4.78 is 2.00. The minimum absolute atomic E-state index is 0.0721. The van der Waals surface area contributed by atoms with Crippen molar-refractivity contribution < 1.29 is 9.59 Å². The average Bonchev–Trinajstić information content (AvgIpc) is 3.00. The number of amides is 2. The molecule has 140 valence electrons. The van der Waals surface area contributed by atoms with Crippen molar-refractivity contribution in [3.05, 3.63) is 60.3 Å². The van der Waals surface area contributed by atoms with Crippen molar-refractivity contribution in [3.8, 4) is 0 Å². The Morgan fingerprint density at radius 1 is 0.926 bits per heavy atom. The van der Waals surface area contributed by atoms with Gasteiger partial charge in [0, 0.05) is 34.2 Å². The zero-order chi connectivity index (χ0) is 19.6. The predicted octanol–water partition coefficient (Wildman–Crippen LogP) is 4.90. The fraction of sp³-hybridized carbons (Fsp3) is 0.273. The number of carbonyl (C=O) groups is 2. The van der Waals surface area contributed by atoms with E-state index in [2.05, 4.69) is 10.6 Å². The van der Waals surface area contributed by atoms with E-state index in [1.165, 1.54) is 0 Å². The molecule has 5 nitrogen and oxygen atoms in total. The fourth-order valence-electron chi connectivity index (χ4n) is 2.93. The zero-order valence-corrected chi connectivity index (χ0v) is 16.2. The van der Waals surface area contributed by atoms with Gasteiger partial charge < -0.3 is 15.2 Å². The number of nitrogens with one attached hydrogen (secondary N) is 2. The Hall–Kier alpha value is -3.08. The van der Waals surface area contributed by atoms with Gasteiger partial charge in [-0.15, -0.1) is 0 Å². The van der Waals surface area contributed by atoms with Crippen LogP contribution < -0.4 is 10.6 Å². The SMILES string of the molecule is CCn1c(C(=O)Nc2cccc(NC(=O)C(C)(C)C)c2)cc2ccccc21. The molecule has 2 N–H and O–H groups in total. The molecule has 1 aromatic heterocycles. The molecule has 0 aliphatic carbocycles. The first kappa shape index (κ1) is 18.7. The molecule has 0 fully saturated rings. The Morgan fingerprint density at radius 2 is 1.59 bits per heavy atom. The van der Waals surface area contributed by atoms with Gasteiger partial charge in [0.15, 0.2) is 0 Å². The zero-order valence-electron chi connectivity index (χ0n) is 16.2. The van der Waals surface area contributed by atoms with Gasteiger partial charge in [-0.25, -0.2) is 0 Å². The molecule has 0 atom stereocenters. The molecule has 27 heavy (non-hydrogen) atoms. The van der Waals surface area contributed by atoms with Gasteiger partial charge in [-0.05, 0) is 37.3 Å². The van der Waals surface area contributed by atoms with E-state index in [-0.39, 0.29) is 11.8 Å². The first-order valence-corrected chi connectivity index (χ1v) is 9.10. The molecule has 0 saturated carbocycles. The number of carbonyl (C=O) groups excluding carboxylic acids is 2. The predicted molar refractivity (Wildman–Crippen MR) is 110 cm³/mol. The smallest absolute Gasteiger partial charge is 0.272 e. The third kappa shape index (κ3) is 4.03. The molecular weight excluding hydrogens is 338 g/mol. The van der Waals surface area contributed by atoms with Gasteiger partial charge in [0.1, 0.15) is 5.69 Å². The summed E-state index contributed by atoms with van der Waals surface area (Å²) in [6.07, 6.45) is 0. The minimum Gasteiger partial charge on any atom is -0.337 e. The molecule has 3 rings (SSSR count). The maximum Gasteiger partial charge on any atom is 0.272 e. The number of hydrogen-bond acceptors (Lipinski definition) is 2. The molecule has 2 amide bonds. The normalized spacial score (nSPS) is 11.4. The number of para-hydroxylation sites is 1. The van der Waals surface area contributed by atoms with Crippen LogP contribution in [-0.4, -0.2) is 16.4 Å². The summed E-state index contributed by atoms with van der Waals surface area (Å²) in [6, 6.07) is 17.0. The number of aryl methyl sites for hydroxylation is 1. The van der Waals surface area contributed by atoms with E-state index in [4.69, 9.17) is 0 Å². The summed E-state index contributed by atoms with van der Waals surface area (Å²) in [6.45, 7) is 8.30. The van der Waals surface area contributed by atoms with E-state index >= 15 is 0 Å². The summed E-state index contributed by atoms with van der Waals surface area (Å²) in [5.41, 5.74) is 2.46. The van der Waals surface area contributed by atoms with Crippen LogP contribution in [0.15, 0.2) is 54.6 Å². The molecule has 1 heterocycles. The van der Waals surface area contributed by atoms with E-state index in [1.54, 1.807) is 6.07 Å². The maximum absolute atomic E-state index is 12.8. The second-order valence-electron chi connectivity index (χ2n) is 7.57. The van der Waals surface area contributed by atoms with Gasteiger partial charge >= 0.3 is 0 Å². The van der Waals surface area contributed by atoms with Crippen LogP contribution >= 0.6 is 0 Å². The lowest BCUT2D eigenvalue weighted by atomic mass is 9.95. The third-order valence-corrected chi connectivity index (χ3v) is 4.42. The van der Waals surface area contributed by atoms with Gasteiger partial charge in [-0.1, -0.05) is 45.0 Å². The van der Waals surface area contributed by atoms with Crippen molar-refractivity contribution in [2.45, 2.75) is 34.2 Å². The second-order valence-corrected chi connectivity index (χ2v) is 7.57. The molecule has 0 aliphatic heterocycles. The van der Waals surface area contributed by atoms with E-state index in [9.17, 15) is 9.59 Å². The van der Waals surface area contributed by atoms with E-state index in [0.29, 0.717) is 23.6 Å². The Labute approximate surface area is 159 Å². The lowest BCUT2D eigenvalue weighted by Crippen LogP contribution is -2.27.